The minimum absolute atomic E-state index is 0.00457. The third kappa shape index (κ3) is 4.67. The summed E-state index contributed by atoms with van der Waals surface area (Å²) in [4.78, 5) is 19.2. The molecule has 0 radical (unpaired) electrons. The van der Waals surface area contributed by atoms with E-state index in [0.717, 1.165) is 28.3 Å². The third-order valence-corrected chi connectivity index (χ3v) is 5.54. The highest BCUT2D eigenvalue weighted by atomic mass is 16.5. The molecule has 0 spiro atoms. The fourth-order valence-corrected chi connectivity index (χ4v) is 3.80. The largest absolute Gasteiger partial charge is 0.496 e. The predicted molar refractivity (Wildman–Crippen MR) is 118 cm³/mol. The highest BCUT2D eigenvalue weighted by Crippen LogP contribution is 2.27. The van der Waals surface area contributed by atoms with Crippen molar-refractivity contribution in [3.8, 4) is 11.8 Å². The number of fused-ring (bicyclic) bond motifs is 1. The van der Waals surface area contributed by atoms with Gasteiger partial charge in [0.05, 0.1) is 19.3 Å². The minimum Gasteiger partial charge on any atom is -0.496 e. The summed E-state index contributed by atoms with van der Waals surface area (Å²) in [6.45, 7) is 4.32. The molecule has 3 rings (SSSR count). The Labute approximate surface area is 182 Å². The standard InChI is InChI=1S/C23H28N6O2/c1-15-18(16(2)29-23(27-15)17(12-24)13-26-29)10-11-22(30)25-14-20(28(3)4)19-8-6-7-9-21(19)31-5/h6-9,13,20H,10-11,14H2,1-5H3,(H,25,30). The molecule has 8 heteroatoms. The van der Waals surface area contributed by atoms with Gasteiger partial charge in [-0.15, -0.1) is 0 Å². The zero-order valence-corrected chi connectivity index (χ0v) is 18.6. The van der Waals surface area contributed by atoms with Gasteiger partial charge in [-0.05, 0) is 46.0 Å². The fourth-order valence-electron chi connectivity index (χ4n) is 3.80. The number of methoxy groups -OCH3 is 1. The zero-order chi connectivity index (χ0) is 22.5. The normalized spacial score (nSPS) is 12.0. The Kier molecular flexibility index (Phi) is 6.88. The van der Waals surface area contributed by atoms with Crippen LogP contribution in [0.2, 0.25) is 0 Å². The van der Waals surface area contributed by atoms with Gasteiger partial charge in [0.2, 0.25) is 5.91 Å². The van der Waals surface area contributed by atoms with Gasteiger partial charge in [0.25, 0.3) is 0 Å². The highest BCUT2D eigenvalue weighted by molar-refractivity contribution is 5.76. The van der Waals surface area contributed by atoms with Gasteiger partial charge in [-0.2, -0.15) is 10.4 Å². The van der Waals surface area contributed by atoms with E-state index in [-0.39, 0.29) is 11.9 Å². The van der Waals surface area contributed by atoms with E-state index in [1.165, 1.54) is 6.20 Å². The van der Waals surface area contributed by atoms with E-state index >= 15 is 0 Å². The molecule has 8 nitrogen and oxygen atoms in total. The molecule has 0 aliphatic carbocycles. The van der Waals surface area contributed by atoms with Crippen LogP contribution in [-0.4, -0.2) is 53.2 Å². The van der Waals surface area contributed by atoms with Crippen LogP contribution in [0.25, 0.3) is 5.65 Å². The lowest BCUT2D eigenvalue weighted by atomic mass is 10.0. The van der Waals surface area contributed by atoms with E-state index in [9.17, 15) is 10.1 Å². The highest BCUT2D eigenvalue weighted by Gasteiger charge is 2.20. The molecule has 0 saturated carbocycles. The lowest BCUT2D eigenvalue weighted by Gasteiger charge is -2.26. The number of carbonyl (C=O) groups excluding carboxylic acids is 1. The number of nitrogens with one attached hydrogen (secondary N) is 1. The number of para-hydroxylation sites is 1. The fraction of sp³-hybridized carbons (Fsp3) is 0.391. The first-order valence-electron chi connectivity index (χ1n) is 10.2. The van der Waals surface area contributed by atoms with E-state index in [4.69, 9.17) is 4.74 Å². The number of nitriles is 1. The van der Waals surface area contributed by atoms with Gasteiger partial charge in [0.15, 0.2) is 5.65 Å². The summed E-state index contributed by atoms with van der Waals surface area (Å²) in [6.07, 6.45) is 2.41. The van der Waals surface area contributed by atoms with Crippen LogP contribution in [-0.2, 0) is 11.2 Å². The number of benzene rings is 1. The average Bonchev–Trinajstić information content (AvgIpc) is 3.16. The van der Waals surface area contributed by atoms with Crippen LogP contribution >= 0.6 is 0 Å². The number of nitrogens with zero attached hydrogens (tertiary/aromatic N) is 5. The van der Waals surface area contributed by atoms with Crippen molar-refractivity contribution in [1.29, 1.82) is 5.26 Å². The van der Waals surface area contributed by atoms with Crippen molar-refractivity contribution in [2.24, 2.45) is 0 Å². The quantitative estimate of drug-likeness (QED) is 0.602. The van der Waals surface area contributed by atoms with E-state index in [2.05, 4.69) is 26.4 Å². The predicted octanol–water partition coefficient (Wildman–Crippen LogP) is 2.58. The van der Waals surface area contributed by atoms with Gasteiger partial charge < -0.3 is 15.0 Å². The number of amides is 1. The molecule has 0 bridgehead atoms. The molecular weight excluding hydrogens is 392 g/mol. The first-order valence-corrected chi connectivity index (χ1v) is 10.2. The Morgan fingerprint density at radius 1 is 1.32 bits per heavy atom. The van der Waals surface area contributed by atoms with Crippen molar-refractivity contribution in [3.63, 3.8) is 0 Å². The van der Waals surface area contributed by atoms with Crippen LogP contribution < -0.4 is 10.1 Å². The maximum Gasteiger partial charge on any atom is 0.220 e. The number of aromatic nitrogens is 3. The summed E-state index contributed by atoms with van der Waals surface area (Å²) in [7, 11) is 5.62. The van der Waals surface area contributed by atoms with Crippen molar-refractivity contribution >= 4 is 11.6 Å². The molecule has 0 saturated heterocycles. The lowest BCUT2D eigenvalue weighted by molar-refractivity contribution is -0.121. The van der Waals surface area contributed by atoms with Crippen LogP contribution in [0.1, 0.15) is 40.5 Å². The van der Waals surface area contributed by atoms with Gasteiger partial charge >= 0.3 is 0 Å². The zero-order valence-electron chi connectivity index (χ0n) is 18.6. The van der Waals surface area contributed by atoms with Crippen molar-refractivity contribution in [1.82, 2.24) is 24.8 Å². The number of likely N-dealkylation sites (N-methyl/N-ethyl adjacent to an activating group) is 1. The molecule has 1 N–H and O–H groups in total. The first kappa shape index (κ1) is 22.2. The number of hydrogen-bond acceptors (Lipinski definition) is 6. The molecule has 2 heterocycles. The van der Waals surface area contributed by atoms with Gasteiger partial charge in [0, 0.05) is 29.9 Å². The summed E-state index contributed by atoms with van der Waals surface area (Å²) in [5, 5.41) is 16.5. The minimum atomic E-state index is -0.0289. The molecule has 0 fully saturated rings. The number of ether oxygens (including phenoxy) is 1. The van der Waals surface area contributed by atoms with Crippen molar-refractivity contribution in [3.05, 3.63) is 58.5 Å². The number of carbonyl (C=O) groups is 1. The van der Waals surface area contributed by atoms with Crippen LogP contribution in [0, 0.1) is 25.2 Å². The van der Waals surface area contributed by atoms with Crippen molar-refractivity contribution < 1.29 is 9.53 Å². The second-order valence-corrected chi connectivity index (χ2v) is 7.69. The summed E-state index contributed by atoms with van der Waals surface area (Å²) >= 11 is 0. The van der Waals surface area contributed by atoms with Gasteiger partial charge in [-0.25, -0.2) is 9.50 Å². The lowest BCUT2D eigenvalue weighted by Crippen LogP contribution is -2.34. The van der Waals surface area contributed by atoms with Crippen LogP contribution in [0.15, 0.2) is 30.5 Å². The molecule has 3 aromatic rings. The van der Waals surface area contributed by atoms with Crippen LogP contribution in [0.3, 0.4) is 0 Å². The molecule has 0 aliphatic heterocycles. The summed E-state index contributed by atoms with van der Waals surface area (Å²) < 4.78 is 7.15. The topological polar surface area (TPSA) is 95.5 Å². The molecular formula is C23H28N6O2. The maximum absolute atomic E-state index is 12.6. The molecule has 1 atom stereocenters. The van der Waals surface area contributed by atoms with Crippen LogP contribution in [0.5, 0.6) is 5.75 Å². The molecule has 162 valence electrons. The smallest absolute Gasteiger partial charge is 0.220 e. The van der Waals surface area contributed by atoms with E-state index in [1.807, 2.05) is 52.2 Å². The molecule has 1 unspecified atom stereocenters. The van der Waals surface area contributed by atoms with E-state index in [0.29, 0.717) is 30.6 Å². The molecule has 0 aliphatic rings. The molecule has 2 aromatic heterocycles. The molecule has 1 aromatic carbocycles. The molecule has 31 heavy (non-hydrogen) atoms. The summed E-state index contributed by atoms with van der Waals surface area (Å²) in [5.41, 5.74) is 4.72. The Hall–Kier alpha value is -3.44. The number of rotatable bonds is 8. The number of aryl methyl sites for hydroxylation is 2. The second-order valence-electron chi connectivity index (χ2n) is 7.69. The summed E-state index contributed by atoms with van der Waals surface area (Å²) in [5.74, 6) is 0.774. The second kappa shape index (κ2) is 9.58. The summed E-state index contributed by atoms with van der Waals surface area (Å²) in [6, 6.07) is 9.95. The van der Waals surface area contributed by atoms with Crippen molar-refractivity contribution in [2.45, 2.75) is 32.7 Å². The van der Waals surface area contributed by atoms with Crippen LogP contribution in [0.4, 0.5) is 0 Å². The molecule has 1 amide bonds. The SMILES string of the molecule is COc1ccccc1C(CNC(=O)CCc1c(C)nc2c(C#N)cnn2c1C)N(C)C. The number of hydrogen-bond donors (Lipinski definition) is 1. The average molecular weight is 421 g/mol. The maximum atomic E-state index is 12.6. The van der Waals surface area contributed by atoms with Crippen molar-refractivity contribution in [2.75, 3.05) is 27.7 Å². The van der Waals surface area contributed by atoms with Gasteiger partial charge in [-0.1, -0.05) is 18.2 Å². The van der Waals surface area contributed by atoms with E-state index in [1.54, 1.807) is 11.6 Å². The first-order chi connectivity index (χ1) is 14.9. The monoisotopic (exact) mass is 420 g/mol. The third-order valence-electron chi connectivity index (χ3n) is 5.54. The Bertz CT molecular complexity index is 1130. The van der Waals surface area contributed by atoms with Gasteiger partial charge in [0.1, 0.15) is 17.4 Å². The Morgan fingerprint density at radius 2 is 2.06 bits per heavy atom. The van der Waals surface area contributed by atoms with Gasteiger partial charge in [-0.3, -0.25) is 4.79 Å². The Balaban J connectivity index is 1.68. The van der Waals surface area contributed by atoms with E-state index < -0.39 is 0 Å². The Morgan fingerprint density at radius 3 is 2.74 bits per heavy atom.